The molecule has 6 heteroatoms. The molecule has 0 aromatic carbocycles. The summed E-state index contributed by atoms with van der Waals surface area (Å²) in [5.74, 6) is 0.512. The molecule has 2 rings (SSSR count). The van der Waals surface area contributed by atoms with Crippen LogP contribution in [0.1, 0.15) is 37.7 Å². The van der Waals surface area contributed by atoms with Crippen LogP contribution in [0.5, 0.6) is 0 Å². The van der Waals surface area contributed by atoms with Crippen LogP contribution in [0.25, 0.3) is 0 Å². The number of carbonyl (C=O) groups is 2. The Morgan fingerprint density at radius 1 is 1.50 bits per heavy atom. The van der Waals surface area contributed by atoms with E-state index < -0.39 is 11.5 Å². The number of nitrogens with zero attached hydrogens (tertiary/aromatic N) is 1. The van der Waals surface area contributed by atoms with Crippen LogP contribution in [-0.4, -0.2) is 34.1 Å². The Morgan fingerprint density at radius 3 is 2.80 bits per heavy atom. The molecule has 1 aromatic heterocycles. The van der Waals surface area contributed by atoms with Crippen molar-refractivity contribution in [3.05, 3.63) is 23.7 Å². The second-order valence-corrected chi connectivity index (χ2v) is 5.12. The molecule has 20 heavy (non-hydrogen) atoms. The van der Waals surface area contributed by atoms with E-state index in [9.17, 15) is 14.7 Å². The van der Waals surface area contributed by atoms with Crippen LogP contribution in [0.15, 0.2) is 16.5 Å². The van der Waals surface area contributed by atoms with Gasteiger partial charge in [0, 0.05) is 6.54 Å². The van der Waals surface area contributed by atoms with E-state index in [4.69, 9.17) is 4.42 Å². The van der Waals surface area contributed by atoms with Gasteiger partial charge < -0.3 is 19.7 Å². The fourth-order valence-corrected chi connectivity index (χ4v) is 2.75. The van der Waals surface area contributed by atoms with E-state index in [1.54, 1.807) is 13.0 Å². The third kappa shape index (κ3) is 2.50. The zero-order valence-electron chi connectivity index (χ0n) is 11.8. The van der Waals surface area contributed by atoms with Crippen LogP contribution in [0.4, 0.5) is 4.79 Å². The van der Waals surface area contributed by atoms with Crippen molar-refractivity contribution >= 4 is 12.0 Å². The van der Waals surface area contributed by atoms with Crippen molar-refractivity contribution in [3.8, 4) is 0 Å². The molecular formula is C14H20N2O4. The fraction of sp³-hybridized carbons (Fsp3) is 0.571. The zero-order valence-corrected chi connectivity index (χ0v) is 11.8. The van der Waals surface area contributed by atoms with Crippen molar-refractivity contribution in [2.75, 3.05) is 6.54 Å². The molecule has 2 heterocycles. The van der Waals surface area contributed by atoms with Gasteiger partial charge in [-0.25, -0.2) is 9.59 Å². The molecular weight excluding hydrogens is 260 g/mol. The maximum atomic E-state index is 12.2. The normalized spacial score (nSPS) is 22.0. The molecule has 6 nitrogen and oxygen atoms in total. The van der Waals surface area contributed by atoms with Crippen molar-refractivity contribution in [3.63, 3.8) is 0 Å². The Labute approximate surface area is 117 Å². The highest BCUT2D eigenvalue weighted by Gasteiger charge is 2.48. The Hall–Kier alpha value is -1.98. The lowest BCUT2D eigenvalue weighted by Crippen LogP contribution is -2.55. The number of hydrogen-bond acceptors (Lipinski definition) is 3. The number of nitrogens with one attached hydrogen (secondary N) is 1. The molecule has 1 saturated heterocycles. The second-order valence-electron chi connectivity index (χ2n) is 5.12. The van der Waals surface area contributed by atoms with Gasteiger partial charge in [0.05, 0.1) is 6.54 Å². The van der Waals surface area contributed by atoms with Gasteiger partial charge in [-0.05, 0) is 38.3 Å². The highest BCUT2D eigenvalue weighted by atomic mass is 16.4. The predicted molar refractivity (Wildman–Crippen MR) is 72.3 cm³/mol. The van der Waals surface area contributed by atoms with Crippen molar-refractivity contribution < 1.29 is 19.1 Å². The SMILES string of the molecule is CCC1(C(=O)O)CCCN1C(=O)NCc1ccc(C)o1. The first-order valence-corrected chi connectivity index (χ1v) is 6.84. The lowest BCUT2D eigenvalue weighted by Gasteiger charge is -2.33. The Kier molecular flexibility index (Phi) is 4.01. The number of urea groups is 1. The van der Waals surface area contributed by atoms with Crippen LogP contribution in [0.2, 0.25) is 0 Å². The van der Waals surface area contributed by atoms with E-state index in [1.807, 2.05) is 13.0 Å². The van der Waals surface area contributed by atoms with E-state index in [0.29, 0.717) is 31.6 Å². The van der Waals surface area contributed by atoms with Gasteiger partial charge in [-0.1, -0.05) is 6.92 Å². The number of hydrogen-bond donors (Lipinski definition) is 2. The first-order chi connectivity index (χ1) is 9.49. The highest BCUT2D eigenvalue weighted by molar-refractivity contribution is 5.87. The third-order valence-corrected chi connectivity index (χ3v) is 3.93. The molecule has 1 unspecified atom stereocenters. The molecule has 0 saturated carbocycles. The van der Waals surface area contributed by atoms with Gasteiger partial charge in [-0.3, -0.25) is 0 Å². The first-order valence-electron chi connectivity index (χ1n) is 6.84. The van der Waals surface area contributed by atoms with E-state index in [2.05, 4.69) is 5.32 Å². The van der Waals surface area contributed by atoms with Crippen LogP contribution in [-0.2, 0) is 11.3 Å². The number of rotatable bonds is 4. The van der Waals surface area contributed by atoms with Crippen LogP contribution in [0.3, 0.4) is 0 Å². The number of amides is 2. The lowest BCUT2D eigenvalue weighted by molar-refractivity contribution is -0.148. The van der Waals surface area contributed by atoms with Crippen molar-refractivity contribution in [2.24, 2.45) is 0 Å². The molecule has 2 N–H and O–H groups in total. The summed E-state index contributed by atoms with van der Waals surface area (Å²) in [7, 11) is 0. The predicted octanol–water partition coefficient (Wildman–Crippen LogP) is 2.13. The average molecular weight is 280 g/mol. The maximum absolute atomic E-state index is 12.2. The van der Waals surface area contributed by atoms with Crippen LogP contribution in [0, 0.1) is 6.92 Å². The van der Waals surface area contributed by atoms with Gasteiger partial charge in [0.25, 0.3) is 0 Å². The number of carbonyl (C=O) groups excluding carboxylic acids is 1. The van der Waals surface area contributed by atoms with Gasteiger partial charge in [0.2, 0.25) is 0 Å². The smallest absolute Gasteiger partial charge is 0.329 e. The van der Waals surface area contributed by atoms with E-state index >= 15 is 0 Å². The number of furan rings is 1. The van der Waals surface area contributed by atoms with Gasteiger partial charge >= 0.3 is 12.0 Å². The minimum Gasteiger partial charge on any atom is -0.479 e. The molecule has 110 valence electrons. The monoisotopic (exact) mass is 280 g/mol. The largest absolute Gasteiger partial charge is 0.479 e. The summed E-state index contributed by atoms with van der Waals surface area (Å²) in [6.45, 7) is 4.37. The number of carboxylic acid groups (broad SMARTS) is 1. The Morgan fingerprint density at radius 2 is 2.25 bits per heavy atom. The minimum absolute atomic E-state index is 0.266. The summed E-state index contributed by atoms with van der Waals surface area (Å²) in [4.78, 5) is 25.2. The molecule has 1 atom stereocenters. The van der Waals surface area contributed by atoms with Crippen molar-refractivity contribution in [1.82, 2.24) is 10.2 Å². The standard InChI is InChI=1S/C14H20N2O4/c1-3-14(12(17)18)7-4-8-16(14)13(19)15-9-11-6-5-10(2)20-11/h5-6H,3-4,7-9H2,1-2H3,(H,15,19)(H,17,18). The number of aliphatic carboxylic acids is 1. The molecule has 0 aliphatic carbocycles. The fourth-order valence-electron chi connectivity index (χ4n) is 2.75. The molecule has 1 aromatic rings. The number of aryl methyl sites for hydroxylation is 1. The summed E-state index contributed by atoms with van der Waals surface area (Å²) < 4.78 is 5.37. The summed E-state index contributed by atoms with van der Waals surface area (Å²) in [6.07, 6.45) is 1.63. The Bertz CT molecular complexity index is 511. The van der Waals surface area contributed by atoms with Gasteiger partial charge in [0.1, 0.15) is 17.1 Å². The summed E-state index contributed by atoms with van der Waals surface area (Å²) in [5, 5.41) is 12.2. The zero-order chi connectivity index (χ0) is 14.8. The van der Waals surface area contributed by atoms with Gasteiger partial charge in [0.15, 0.2) is 0 Å². The van der Waals surface area contributed by atoms with E-state index in [0.717, 1.165) is 5.76 Å². The molecule has 1 aliphatic heterocycles. The molecule has 0 spiro atoms. The minimum atomic E-state index is -1.07. The number of carboxylic acids is 1. The third-order valence-electron chi connectivity index (χ3n) is 3.93. The quantitative estimate of drug-likeness (QED) is 0.885. The summed E-state index contributed by atoms with van der Waals surface area (Å²) in [6, 6.07) is 3.27. The van der Waals surface area contributed by atoms with E-state index in [1.165, 1.54) is 4.90 Å². The Balaban J connectivity index is 2.02. The topological polar surface area (TPSA) is 82.8 Å². The first kappa shape index (κ1) is 14.4. The molecule has 2 amide bonds. The molecule has 0 radical (unpaired) electrons. The van der Waals surface area contributed by atoms with Crippen LogP contribution < -0.4 is 5.32 Å². The molecule has 1 fully saturated rings. The molecule has 0 bridgehead atoms. The lowest BCUT2D eigenvalue weighted by atomic mass is 9.93. The van der Waals surface area contributed by atoms with Crippen LogP contribution >= 0.6 is 0 Å². The average Bonchev–Trinajstić information content (AvgIpc) is 3.02. The highest BCUT2D eigenvalue weighted by Crippen LogP contribution is 2.32. The number of likely N-dealkylation sites (tertiary alicyclic amines) is 1. The van der Waals surface area contributed by atoms with Crippen molar-refractivity contribution in [1.29, 1.82) is 0 Å². The van der Waals surface area contributed by atoms with E-state index in [-0.39, 0.29) is 12.6 Å². The van der Waals surface area contributed by atoms with Crippen molar-refractivity contribution in [2.45, 2.75) is 45.2 Å². The summed E-state index contributed by atoms with van der Waals surface area (Å²) >= 11 is 0. The summed E-state index contributed by atoms with van der Waals surface area (Å²) in [5.41, 5.74) is -1.07. The van der Waals surface area contributed by atoms with Gasteiger partial charge in [-0.2, -0.15) is 0 Å². The molecule has 1 aliphatic rings. The maximum Gasteiger partial charge on any atom is 0.329 e. The second kappa shape index (κ2) is 5.56. The van der Waals surface area contributed by atoms with Gasteiger partial charge in [-0.15, -0.1) is 0 Å².